The number of urea groups is 1. The van der Waals surface area contributed by atoms with Crippen LogP contribution in [0.1, 0.15) is 28.0 Å². The highest BCUT2D eigenvalue weighted by Crippen LogP contribution is 2.26. The van der Waals surface area contributed by atoms with Crippen LogP contribution in [0.2, 0.25) is 0 Å². The summed E-state index contributed by atoms with van der Waals surface area (Å²) >= 11 is 0. The number of hydrogen-bond acceptors (Lipinski definition) is 4. The number of aldehydes is 1. The Bertz CT molecular complexity index is 473. The van der Waals surface area contributed by atoms with Gasteiger partial charge in [0.2, 0.25) is 0 Å². The van der Waals surface area contributed by atoms with Crippen LogP contribution in [-0.2, 0) is 13.0 Å². The molecule has 0 saturated carbocycles. The van der Waals surface area contributed by atoms with Gasteiger partial charge in [0.1, 0.15) is 11.5 Å². The van der Waals surface area contributed by atoms with E-state index in [2.05, 4.69) is 4.98 Å². The standard InChI is InChI=1S/C11H13N3O3/c12-11(17)14-3-1-2-7-4-8(5-15)9(6-16)13-10(7)14/h4,6,15H,1-3,5H2,(H2,12,17). The van der Waals surface area contributed by atoms with E-state index in [1.807, 2.05) is 0 Å². The fourth-order valence-electron chi connectivity index (χ4n) is 2.00. The fourth-order valence-corrected chi connectivity index (χ4v) is 2.00. The highest BCUT2D eigenvalue weighted by atomic mass is 16.3. The zero-order valence-electron chi connectivity index (χ0n) is 9.22. The number of nitrogens with zero attached hydrogens (tertiary/aromatic N) is 2. The molecule has 0 radical (unpaired) electrons. The number of aryl methyl sites for hydroxylation is 1. The first kappa shape index (κ1) is 11.5. The molecule has 17 heavy (non-hydrogen) atoms. The summed E-state index contributed by atoms with van der Waals surface area (Å²) in [7, 11) is 0. The average Bonchev–Trinajstić information content (AvgIpc) is 2.35. The number of aliphatic hydroxyl groups is 1. The van der Waals surface area contributed by atoms with Gasteiger partial charge >= 0.3 is 6.03 Å². The summed E-state index contributed by atoms with van der Waals surface area (Å²) < 4.78 is 0. The van der Waals surface area contributed by atoms with Crippen LogP contribution in [0.4, 0.5) is 10.6 Å². The number of amides is 2. The smallest absolute Gasteiger partial charge is 0.320 e. The number of aliphatic hydroxyl groups excluding tert-OH is 1. The molecule has 0 saturated heterocycles. The number of rotatable bonds is 2. The van der Waals surface area contributed by atoms with Gasteiger partial charge in [-0.15, -0.1) is 0 Å². The number of anilines is 1. The Labute approximate surface area is 98.1 Å². The van der Waals surface area contributed by atoms with Crippen LogP contribution in [-0.4, -0.2) is 29.0 Å². The lowest BCUT2D eigenvalue weighted by Crippen LogP contribution is -2.40. The van der Waals surface area contributed by atoms with Gasteiger partial charge in [0.15, 0.2) is 6.29 Å². The van der Waals surface area contributed by atoms with E-state index in [1.54, 1.807) is 6.07 Å². The molecular weight excluding hydrogens is 222 g/mol. The van der Waals surface area contributed by atoms with Crippen molar-refractivity contribution in [3.8, 4) is 0 Å². The molecule has 6 heteroatoms. The zero-order valence-corrected chi connectivity index (χ0v) is 9.22. The monoisotopic (exact) mass is 235 g/mol. The lowest BCUT2D eigenvalue weighted by Gasteiger charge is -2.27. The van der Waals surface area contributed by atoms with Crippen molar-refractivity contribution in [2.24, 2.45) is 5.73 Å². The summed E-state index contributed by atoms with van der Waals surface area (Å²) in [5, 5.41) is 9.12. The summed E-state index contributed by atoms with van der Waals surface area (Å²) in [5.74, 6) is 0.433. The van der Waals surface area contributed by atoms with E-state index in [-0.39, 0.29) is 12.3 Å². The maximum Gasteiger partial charge on any atom is 0.320 e. The highest BCUT2D eigenvalue weighted by molar-refractivity contribution is 5.91. The summed E-state index contributed by atoms with van der Waals surface area (Å²) in [6.45, 7) is 0.261. The van der Waals surface area contributed by atoms with Gasteiger partial charge in [-0.25, -0.2) is 9.78 Å². The Morgan fingerprint density at radius 3 is 3.00 bits per heavy atom. The Balaban J connectivity index is 2.54. The quantitative estimate of drug-likeness (QED) is 0.716. The molecule has 0 aliphatic carbocycles. The second kappa shape index (κ2) is 4.50. The lowest BCUT2D eigenvalue weighted by atomic mass is 10.0. The van der Waals surface area contributed by atoms with Gasteiger partial charge in [0.05, 0.1) is 6.61 Å². The first-order valence-electron chi connectivity index (χ1n) is 5.33. The van der Waals surface area contributed by atoms with Crippen molar-refractivity contribution < 1.29 is 14.7 Å². The maximum absolute atomic E-state index is 11.2. The van der Waals surface area contributed by atoms with Gasteiger partial charge in [0.25, 0.3) is 0 Å². The first-order valence-corrected chi connectivity index (χ1v) is 5.33. The van der Waals surface area contributed by atoms with E-state index < -0.39 is 6.03 Å². The van der Waals surface area contributed by atoms with Gasteiger partial charge in [-0.1, -0.05) is 0 Å². The fraction of sp³-hybridized carbons (Fsp3) is 0.364. The van der Waals surface area contributed by atoms with Crippen LogP contribution in [0.3, 0.4) is 0 Å². The minimum atomic E-state index is -0.577. The molecule has 0 bridgehead atoms. The third-order valence-corrected chi connectivity index (χ3v) is 2.82. The first-order chi connectivity index (χ1) is 8.17. The van der Waals surface area contributed by atoms with Crippen LogP contribution in [0.15, 0.2) is 6.07 Å². The summed E-state index contributed by atoms with van der Waals surface area (Å²) in [6.07, 6.45) is 2.13. The highest BCUT2D eigenvalue weighted by Gasteiger charge is 2.23. The molecule has 0 spiro atoms. The number of carbonyl (C=O) groups excluding carboxylic acids is 2. The molecule has 90 valence electrons. The largest absolute Gasteiger partial charge is 0.392 e. The second-order valence-electron chi connectivity index (χ2n) is 3.88. The van der Waals surface area contributed by atoms with Crippen molar-refractivity contribution in [2.45, 2.75) is 19.4 Å². The number of primary amides is 1. The number of carbonyl (C=O) groups is 2. The number of hydrogen-bond donors (Lipinski definition) is 2. The van der Waals surface area contributed by atoms with E-state index in [4.69, 9.17) is 10.8 Å². The van der Waals surface area contributed by atoms with E-state index in [1.165, 1.54) is 4.90 Å². The molecule has 2 heterocycles. The molecule has 2 amide bonds. The molecule has 1 aliphatic rings. The molecule has 2 rings (SSSR count). The number of fused-ring (bicyclic) bond motifs is 1. The van der Waals surface area contributed by atoms with Gasteiger partial charge in [-0.3, -0.25) is 9.69 Å². The van der Waals surface area contributed by atoms with Gasteiger partial charge in [0, 0.05) is 12.1 Å². The van der Waals surface area contributed by atoms with Gasteiger partial charge in [-0.05, 0) is 24.5 Å². The Kier molecular flexibility index (Phi) is 3.06. The summed E-state index contributed by atoms with van der Waals surface area (Å²) in [5.41, 5.74) is 6.72. The van der Waals surface area contributed by atoms with E-state index in [0.29, 0.717) is 24.2 Å². The maximum atomic E-state index is 11.2. The molecule has 1 aromatic heterocycles. The minimum Gasteiger partial charge on any atom is -0.392 e. The SMILES string of the molecule is NC(=O)N1CCCc2cc(CO)c(C=O)nc21. The topological polar surface area (TPSA) is 96.5 Å². The molecule has 0 unspecified atom stereocenters. The molecule has 1 aliphatic heterocycles. The molecule has 0 fully saturated rings. The van der Waals surface area contributed by atoms with Crippen LogP contribution < -0.4 is 10.6 Å². The van der Waals surface area contributed by atoms with Crippen LogP contribution in [0.5, 0.6) is 0 Å². The van der Waals surface area contributed by atoms with Crippen molar-refractivity contribution in [1.82, 2.24) is 4.98 Å². The van der Waals surface area contributed by atoms with Crippen LogP contribution in [0.25, 0.3) is 0 Å². The van der Waals surface area contributed by atoms with Crippen molar-refractivity contribution in [1.29, 1.82) is 0 Å². The normalized spacial score (nSPS) is 14.3. The Morgan fingerprint density at radius 2 is 2.41 bits per heavy atom. The Hall–Kier alpha value is -1.95. The Morgan fingerprint density at radius 1 is 1.65 bits per heavy atom. The predicted molar refractivity (Wildman–Crippen MR) is 60.8 cm³/mol. The van der Waals surface area contributed by atoms with E-state index in [9.17, 15) is 9.59 Å². The number of aromatic nitrogens is 1. The summed E-state index contributed by atoms with van der Waals surface area (Å²) in [6, 6.07) is 1.13. The third-order valence-electron chi connectivity index (χ3n) is 2.82. The molecular formula is C11H13N3O3. The lowest BCUT2D eigenvalue weighted by molar-refractivity contribution is 0.111. The third kappa shape index (κ3) is 1.99. The molecule has 1 aromatic rings. The number of pyridine rings is 1. The molecule has 0 atom stereocenters. The van der Waals surface area contributed by atoms with Gasteiger partial charge in [-0.2, -0.15) is 0 Å². The molecule has 6 nitrogen and oxygen atoms in total. The van der Waals surface area contributed by atoms with Crippen molar-refractivity contribution in [3.63, 3.8) is 0 Å². The van der Waals surface area contributed by atoms with E-state index in [0.717, 1.165) is 18.4 Å². The minimum absolute atomic E-state index is 0.152. The predicted octanol–water partition coefficient (Wildman–Crippen LogP) is 0.218. The number of nitrogens with two attached hydrogens (primary N) is 1. The molecule has 0 aromatic carbocycles. The van der Waals surface area contributed by atoms with Crippen molar-refractivity contribution >= 4 is 18.1 Å². The van der Waals surface area contributed by atoms with Crippen LogP contribution >= 0.6 is 0 Å². The van der Waals surface area contributed by atoms with Crippen LogP contribution in [0, 0.1) is 0 Å². The summed E-state index contributed by atoms with van der Waals surface area (Å²) in [4.78, 5) is 27.5. The zero-order chi connectivity index (χ0) is 12.4. The average molecular weight is 235 g/mol. The van der Waals surface area contributed by atoms with Crippen molar-refractivity contribution in [2.75, 3.05) is 11.4 Å². The molecule has 3 N–H and O–H groups in total. The van der Waals surface area contributed by atoms with Gasteiger partial charge < -0.3 is 10.8 Å². The van der Waals surface area contributed by atoms with Crippen molar-refractivity contribution in [3.05, 3.63) is 22.9 Å². The second-order valence-corrected chi connectivity index (χ2v) is 3.88. The van der Waals surface area contributed by atoms with E-state index >= 15 is 0 Å².